The van der Waals surface area contributed by atoms with Crippen LogP contribution >= 0.6 is 0 Å². The van der Waals surface area contributed by atoms with Gasteiger partial charge in [0.05, 0.1) is 13.2 Å². The predicted octanol–water partition coefficient (Wildman–Crippen LogP) is 5.55. The molecule has 1 aromatic heterocycles. The molecule has 190 valence electrons. The van der Waals surface area contributed by atoms with Crippen LogP contribution < -0.4 is 9.46 Å². The van der Waals surface area contributed by atoms with E-state index in [1.807, 2.05) is 39.1 Å². The number of piperidine rings is 1. The van der Waals surface area contributed by atoms with Crippen molar-refractivity contribution in [3.05, 3.63) is 59.4 Å². The van der Waals surface area contributed by atoms with E-state index in [1.165, 1.54) is 42.5 Å². The highest BCUT2D eigenvalue weighted by molar-refractivity contribution is 7.90. The maximum atomic E-state index is 13.1. The van der Waals surface area contributed by atoms with Crippen LogP contribution in [-0.4, -0.2) is 45.4 Å². The van der Waals surface area contributed by atoms with E-state index in [2.05, 4.69) is 33.9 Å². The summed E-state index contributed by atoms with van der Waals surface area (Å²) in [6.45, 7) is 8.40. The normalized spacial score (nSPS) is 27.5. The van der Waals surface area contributed by atoms with Crippen molar-refractivity contribution in [1.29, 1.82) is 0 Å². The lowest BCUT2D eigenvalue weighted by Gasteiger charge is -2.47. The summed E-state index contributed by atoms with van der Waals surface area (Å²) in [5.74, 6) is 1.61. The Labute approximate surface area is 214 Å². The average molecular weight is 496 g/mol. The SMILES string of the molecule is COc1cccc(C2CCC(N3CCC4(CC3)Cc3ncccc3[C@H]4N[S@+]([O-])C(C)(C)C)CC2)c1. The Kier molecular flexibility index (Phi) is 7.19. The minimum atomic E-state index is -1.10. The van der Waals surface area contributed by atoms with Gasteiger partial charge in [0.1, 0.15) is 10.5 Å². The Morgan fingerprint density at radius 2 is 1.83 bits per heavy atom. The first-order valence-corrected chi connectivity index (χ1v) is 14.4. The zero-order chi connectivity index (χ0) is 24.6. The Morgan fingerprint density at radius 3 is 2.51 bits per heavy atom. The molecular formula is C29H41N3O2S. The van der Waals surface area contributed by atoms with E-state index in [9.17, 15) is 4.55 Å². The second kappa shape index (κ2) is 10.0. The molecule has 0 unspecified atom stereocenters. The van der Waals surface area contributed by atoms with Crippen molar-refractivity contribution in [2.24, 2.45) is 5.41 Å². The third kappa shape index (κ3) is 5.13. The molecule has 2 aromatic rings. The van der Waals surface area contributed by atoms with Gasteiger partial charge in [0.25, 0.3) is 0 Å². The first-order chi connectivity index (χ1) is 16.8. The molecule has 0 bridgehead atoms. The van der Waals surface area contributed by atoms with Crippen LogP contribution in [0.2, 0.25) is 0 Å². The number of fused-ring (bicyclic) bond motifs is 1. The summed E-state index contributed by atoms with van der Waals surface area (Å²) in [7, 11) is 1.75. The number of aromatic nitrogens is 1. The summed E-state index contributed by atoms with van der Waals surface area (Å²) in [5.41, 5.74) is 4.00. The average Bonchev–Trinajstić information content (AvgIpc) is 3.16. The molecule has 6 heteroatoms. The first kappa shape index (κ1) is 25.1. The van der Waals surface area contributed by atoms with Crippen molar-refractivity contribution < 1.29 is 9.29 Å². The van der Waals surface area contributed by atoms with Crippen molar-refractivity contribution >= 4 is 11.4 Å². The lowest BCUT2D eigenvalue weighted by molar-refractivity contribution is 0.0437. The Balaban J connectivity index is 1.23. The zero-order valence-electron chi connectivity index (χ0n) is 21.8. The molecular weight excluding hydrogens is 454 g/mol. The van der Waals surface area contributed by atoms with Crippen LogP contribution in [0, 0.1) is 5.41 Å². The Morgan fingerprint density at radius 1 is 1.09 bits per heavy atom. The molecule has 5 rings (SSSR count). The highest BCUT2D eigenvalue weighted by Crippen LogP contribution is 2.52. The number of nitrogens with one attached hydrogen (secondary N) is 1. The molecule has 35 heavy (non-hydrogen) atoms. The molecule has 5 nitrogen and oxygen atoms in total. The van der Waals surface area contributed by atoms with Gasteiger partial charge >= 0.3 is 0 Å². The van der Waals surface area contributed by atoms with Gasteiger partial charge in [-0.15, -0.1) is 4.72 Å². The van der Waals surface area contributed by atoms with Crippen LogP contribution in [0.3, 0.4) is 0 Å². The van der Waals surface area contributed by atoms with E-state index in [0.717, 1.165) is 38.1 Å². The van der Waals surface area contributed by atoms with Gasteiger partial charge < -0.3 is 14.2 Å². The smallest absolute Gasteiger partial charge is 0.136 e. The van der Waals surface area contributed by atoms with E-state index in [0.29, 0.717) is 12.0 Å². The summed E-state index contributed by atoms with van der Waals surface area (Å²) in [6.07, 6.45) is 10.2. The monoisotopic (exact) mass is 495 g/mol. The van der Waals surface area contributed by atoms with Gasteiger partial charge in [0.2, 0.25) is 0 Å². The van der Waals surface area contributed by atoms with Crippen LogP contribution in [-0.2, 0) is 17.8 Å². The lowest BCUT2D eigenvalue weighted by Crippen LogP contribution is -2.51. The van der Waals surface area contributed by atoms with Gasteiger partial charge in [-0.3, -0.25) is 4.98 Å². The summed E-state index contributed by atoms with van der Waals surface area (Å²) in [5, 5.41) is 0. The third-order valence-electron chi connectivity index (χ3n) is 8.72. The molecule has 1 saturated heterocycles. The van der Waals surface area contributed by atoms with Crippen LogP contribution in [0.15, 0.2) is 42.6 Å². The number of nitrogens with zero attached hydrogens (tertiary/aromatic N) is 2. The number of rotatable bonds is 5. The minimum Gasteiger partial charge on any atom is -0.598 e. The molecule has 2 aliphatic carbocycles. The second-order valence-corrected chi connectivity index (χ2v) is 13.8. The van der Waals surface area contributed by atoms with Gasteiger partial charge in [-0.05, 0) is 114 Å². The number of hydrogen-bond acceptors (Lipinski definition) is 5. The minimum absolute atomic E-state index is 0.117. The molecule has 0 radical (unpaired) electrons. The highest BCUT2D eigenvalue weighted by atomic mass is 32.2. The topological polar surface area (TPSA) is 60.5 Å². The summed E-state index contributed by atoms with van der Waals surface area (Å²) >= 11 is -1.10. The third-order valence-corrected chi connectivity index (χ3v) is 10.3. The summed E-state index contributed by atoms with van der Waals surface area (Å²) in [4.78, 5) is 7.48. The molecule has 1 N–H and O–H groups in total. The van der Waals surface area contributed by atoms with Crippen molar-refractivity contribution in [1.82, 2.24) is 14.6 Å². The van der Waals surface area contributed by atoms with Crippen molar-refractivity contribution in [3.63, 3.8) is 0 Å². The van der Waals surface area contributed by atoms with E-state index < -0.39 is 11.4 Å². The molecule has 1 aliphatic heterocycles. The maximum Gasteiger partial charge on any atom is 0.136 e. The summed E-state index contributed by atoms with van der Waals surface area (Å²) in [6, 6.07) is 13.7. The molecule has 1 saturated carbocycles. The molecule has 2 heterocycles. The van der Waals surface area contributed by atoms with Crippen molar-refractivity contribution in [2.45, 2.75) is 88.5 Å². The van der Waals surface area contributed by atoms with Gasteiger partial charge in [-0.1, -0.05) is 18.2 Å². The quantitative estimate of drug-likeness (QED) is 0.551. The van der Waals surface area contributed by atoms with E-state index in [4.69, 9.17) is 9.72 Å². The Hall–Kier alpha value is -1.60. The Bertz CT molecular complexity index is 1010. The number of ether oxygens (including phenoxy) is 1. The maximum absolute atomic E-state index is 13.1. The number of hydrogen-bond donors (Lipinski definition) is 1. The van der Waals surface area contributed by atoms with Gasteiger partial charge in [-0.2, -0.15) is 0 Å². The lowest BCUT2D eigenvalue weighted by atomic mass is 9.72. The van der Waals surface area contributed by atoms with Gasteiger partial charge in [0, 0.05) is 34.7 Å². The number of likely N-dealkylation sites (tertiary alicyclic amines) is 1. The van der Waals surface area contributed by atoms with Gasteiger partial charge in [-0.25, -0.2) is 0 Å². The largest absolute Gasteiger partial charge is 0.598 e. The highest BCUT2D eigenvalue weighted by Gasteiger charge is 2.51. The standard InChI is InChI=1S/C29H41N3O2S/c1-28(2,3)35(33)31-27-25-9-6-16-30-26(25)20-29(27)14-17-32(18-15-29)23-12-10-21(11-13-23)22-7-5-8-24(19-22)34-4/h5-9,16,19,21,23,27,31H,10-15,17-18,20H2,1-4H3/t21?,23?,27-,35-/m1/s1. The van der Waals surface area contributed by atoms with Crippen LogP contribution in [0.1, 0.15) is 88.1 Å². The fraction of sp³-hybridized carbons (Fsp3) is 0.621. The molecule has 2 fully saturated rings. The number of methoxy groups -OCH3 is 1. The van der Waals surface area contributed by atoms with E-state index in [1.54, 1.807) is 7.11 Å². The summed E-state index contributed by atoms with van der Waals surface area (Å²) < 4.78 is 21.8. The van der Waals surface area contributed by atoms with E-state index >= 15 is 0 Å². The zero-order valence-corrected chi connectivity index (χ0v) is 22.6. The van der Waals surface area contributed by atoms with Crippen LogP contribution in [0.5, 0.6) is 5.75 Å². The van der Waals surface area contributed by atoms with Crippen molar-refractivity contribution in [3.8, 4) is 5.75 Å². The van der Waals surface area contributed by atoms with Crippen molar-refractivity contribution in [2.75, 3.05) is 20.2 Å². The number of benzene rings is 1. The number of pyridine rings is 1. The predicted molar refractivity (Wildman–Crippen MR) is 143 cm³/mol. The molecule has 3 aliphatic rings. The molecule has 0 amide bonds. The van der Waals surface area contributed by atoms with Crippen LogP contribution in [0.4, 0.5) is 0 Å². The van der Waals surface area contributed by atoms with Crippen LogP contribution in [0.25, 0.3) is 0 Å². The fourth-order valence-corrected chi connectivity index (χ4v) is 7.51. The second-order valence-electron chi connectivity index (χ2n) is 11.8. The van der Waals surface area contributed by atoms with Gasteiger partial charge in [0.15, 0.2) is 0 Å². The molecule has 1 aromatic carbocycles. The fourth-order valence-electron chi connectivity index (χ4n) is 6.57. The first-order valence-electron chi connectivity index (χ1n) is 13.3. The van der Waals surface area contributed by atoms with E-state index in [-0.39, 0.29) is 16.2 Å². The molecule has 2 atom stereocenters. The molecule has 1 spiro atoms.